The molecule has 112 valence electrons. The Kier molecular flexibility index (Phi) is 8.47. The number of hydrogen-bond donors (Lipinski definition) is 3. The fourth-order valence-corrected chi connectivity index (χ4v) is 1.99. The topological polar surface area (TPSA) is 62.4 Å². The zero-order chi connectivity index (χ0) is 14.6. The molecule has 1 rings (SSSR count). The van der Waals surface area contributed by atoms with Crippen LogP contribution in [-0.4, -0.2) is 12.5 Å². The van der Waals surface area contributed by atoms with Gasteiger partial charge in [0.1, 0.15) is 0 Å². The van der Waals surface area contributed by atoms with Crippen molar-refractivity contribution in [3.05, 3.63) is 30.3 Å². The van der Waals surface area contributed by atoms with Crippen LogP contribution >= 0.6 is 0 Å². The van der Waals surface area contributed by atoms with E-state index in [0.29, 0.717) is 5.96 Å². The predicted molar refractivity (Wildman–Crippen MR) is 87.6 cm³/mol. The van der Waals surface area contributed by atoms with Crippen molar-refractivity contribution in [2.75, 3.05) is 11.9 Å². The summed E-state index contributed by atoms with van der Waals surface area (Å²) in [6.45, 7) is 5.36. The molecule has 0 fully saturated rings. The monoisotopic (exact) mass is 276 g/mol. The van der Waals surface area contributed by atoms with Crippen molar-refractivity contribution in [1.29, 1.82) is 0 Å². The molecule has 0 saturated heterocycles. The molecular weight excluding hydrogens is 248 g/mol. The van der Waals surface area contributed by atoms with Gasteiger partial charge < -0.3 is 5.32 Å². The Labute approximate surface area is 122 Å². The molecule has 0 spiro atoms. The number of unbranched alkanes of at least 4 members (excludes halogenated alkanes) is 3. The molecule has 0 bridgehead atoms. The number of rotatable bonds is 8. The van der Waals surface area contributed by atoms with Gasteiger partial charge in [-0.15, -0.1) is 0 Å². The van der Waals surface area contributed by atoms with Crippen LogP contribution in [0.25, 0.3) is 0 Å². The molecule has 0 unspecified atom stereocenters. The Morgan fingerprint density at radius 1 is 1.10 bits per heavy atom. The summed E-state index contributed by atoms with van der Waals surface area (Å²) in [5, 5.41) is 3.16. The number of hydrogen-bond acceptors (Lipinski definition) is 2. The van der Waals surface area contributed by atoms with E-state index in [4.69, 9.17) is 5.84 Å². The first-order valence-corrected chi connectivity index (χ1v) is 7.55. The summed E-state index contributed by atoms with van der Waals surface area (Å²) >= 11 is 0. The number of anilines is 1. The van der Waals surface area contributed by atoms with E-state index >= 15 is 0 Å². The SMILES string of the molecule is CC(C)CCCCCCN=C(NN)Nc1ccccc1. The Morgan fingerprint density at radius 3 is 2.45 bits per heavy atom. The van der Waals surface area contributed by atoms with Crippen molar-refractivity contribution in [3.63, 3.8) is 0 Å². The number of para-hydroxylation sites is 1. The van der Waals surface area contributed by atoms with Crippen molar-refractivity contribution in [3.8, 4) is 0 Å². The first-order chi connectivity index (χ1) is 9.72. The van der Waals surface area contributed by atoms with Crippen LogP contribution < -0.4 is 16.6 Å². The predicted octanol–water partition coefficient (Wildman–Crippen LogP) is 3.52. The fourth-order valence-electron chi connectivity index (χ4n) is 1.99. The zero-order valence-electron chi connectivity index (χ0n) is 12.7. The molecular formula is C16H28N4. The van der Waals surface area contributed by atoms with E-state index in [1.165, 1.54) is 25.7 Å². The zero-order valence-corrected chi connectivity index (χ0v) is 12.7. The van der Waals surface area contributed by atoms with E-state index in [1.54, 1.807) is 0 Å². The van der Waals surface area contributed by atoms with Gasteiger partial charge in [-0.05, 0) is 24.5 Å². The summed E-state index contributed by atoms with van der Waals surface area (Å²) in [5.74, 6) is 6.91. The minimum absolute atomic E-state index is 0.624. The Bertz CT molecular complexity index is 373. The smallest absolute Gasteiger partial charge is 0.210 e. The highest BCUT2D eigenvalue weighted by atomic mass is 15.3. The molecule has 0 atom stereocenters. The molecule has 0 radical (unpaired) electrons. The summed E-state index contributed by atoms with van der Waals surface area (Å²) < 4.78 is 0. The van der Waals surface area contributed by atoms with Crippen molar-refractivity contribution in [1.82, 2.24) is 5.43 Å². The Balaban J connectivity index is 2.18. The van der Waals surface area contributed by atoms with Crippen LogP contribution in [0.15, 0.2) is 35.3 Å². The minimum Gasteiger partial charge on any atom is -0.325 e. The van der Waals surface area contributed by atoms with Gasteiger partial charge in [0.25, 0.3) is 0 Å². The van der Waals surface area contributed by atoms with Crippen LogP contribution in [0, 0.1) is 5.92 Å². The third kappa shape index (κ3) is 7.79. The van der Waals surface area contributed by atoms with Crippen LogP contribution in [0.4, 0.5) is 5.69 Å². The van der Waals surface area contributed by atoms with Gasteiger partial charge in [0.15, 0.2) is 0 Å². The molecule has 20 heavy (non-hydrogen) atoms. The molecule has 1 aromatic carbocycles. The molecule has 0 heterocycles. The average Bonchev–Trinajstić information content (AvgIpc) is 2.45. The fraction of sp³-hybridized carbons (Fsp3) is 0.562. The van der Waals surface area contributed by atoms with Crippen LogP contribution in [-0.2, 0) is 0 Å². The van der Waals surface area contributed by atoms with Crippen LogP contribution in [0.2, 0.25) is 0 Å². The molecule has 4 nitrogen and oxygen atoms in total. The van der Waals surface area contributed by atoms with Gasteiger partial charge in [0.2, 0.25) is 5.96 Å². The lowest BCUT2D eigenvalue weighted by Crippen LogP contribution is -2.36. The third-order valence-electron chi connectivity index (χ3n) is 3.13. The van der Waals surface area contributed by atoms with E-state index in [9.17, 15) is 0 Å². The van der Waals surface area contributed by atoms with Crippen molar-refractivity contribution >= 4 is 11.6 Å². The summed E-state index contributed by atoms with van der Waals surface area (Å²) in [7, 11) is 0. The van der Waals surface area contributed by atoms with Gasteiger partial charge in [-0.3, -0.25) is 10.4 Å². The van der Waals surface area contributed by atoms with Gasteiger partial charge in [-0.1, -0.05) is 57.7 Å². The standard InChI is InChI=1S/C16H28N4/c1-14(2)10-6-3-4-9-13-18-16(20-17)19-15-11-7-5-8-12-15/h5,7-8,11-12,14H,3-4,6,9-10,13,17H2,1-2H3,(H2,18,19,20). The maximum absolute atomic E-state index is 5.47. The van der Waals surface area contributed by atoms with Gasteiger partial charge in [0.05, 0.1) is 0 Å². The maximum Gasteiger partial charge on any atom is 0.210 e. The van der Waals surface area contributed by atoms with Crippen molar-refractivity contribution < 1.29 is 0 Å². The lowest BCUT2D eigenvalue weighted by molar-refractivity contribution is 0.521. The Hall–Kier alpha value is -1.55. The molecule has 1 aromatic rings. The normalized spacial score (nSPS) is 11.7. The quantitative estimate of drug-likeness (QED) is 0.224. The average molecular weight is 276 g/mol. The van der Waals surface area contributed by atoms with E-state index < -0.39 is 0 Å². The van der Waals surface area contributed by atoms with E-state index in [-0.39, 0.29) is 0 Å². The van der Waals surface area contributed by atoms with Gasteiger partial charge in [0, 0.05) is 12.2 Å². The summed E-state index contributed by atoms with van der Waals surface area (Å²) in [4.78, 5) is 4.44. The summed E-state index contributed by atoms with van der Waals surface area (Å²) in [6.07, 6.45) is 6.30. The number of aliphatic imine (C=N–C) groups is 1. The van der Waals surface area contributed by atoms with Gasteiger partial charge in [-0.2, -0.15) is 0 Å². The van der Waals surface area contributed by atoms with E-state index in [1.807, 2.05) is 30.3 Å². The second-order valence-corrected chi connectivity index (χ2v) is 5.46. The second kappa shape index (κ2) is 10.3. The molecule has 0 amide bonds. The highest BCUT2D eigenvalue weighted by Crippen LogP contribution is 2.09. The van der Waals surface area contributed by atoms with Crippen LogP contribution in [0.3, 0.4) is 0 Å². The summed E-state index contributed by atoms with van der Waals surface area (Å²) in [5.41, 5.74) is 3.59. The van der Waals surface area contributed by atoms with Gasteiger partial charge >= 0.3 is 0 Å². The highest BCUT2D eigenvalue weighted by molar-refractivity contribution is 5.93. The summed E-state index contributed by atoms with van der Waals surface area (Å²) in [6, 6.07) is 9.91. The molecule has 0 aliphatic carbocycles. The minimum atomic E-state index is 0.624. The molecule has 0 aliphatic rings. The molecule has 0 saturated carbocycles. The van der Waals surface area contributed by atoms with E-state index in [0.717, 1.165) is 24.6 Å². The third-order valence-corrected chi connectivity index (χ3v) is 3.13. The van der Waals surface area contributed by atoms with E-state index in [2.05, 4.69) is 29.6 Å². The van der Waals surface area contributed by atoms with Crippen molar-refractivity contribution in [2.24, 2.45) is 16.8 Å². The lowest BCUT2D eigenvalue weighted by atomic mass is 10.0. The molecule has 4 N–H and O–H groups in total. The molecule has 0 aromatic heterocycles. The lowest BCUT2D eigenvalue weighted by Gasteiger charge is -2.09. The maximum atomic E-state index is 5.47. The second-order valence-electron chi connectivity index (χ2n) is 5.46. The largest absolute Gasteiger partial charge is 0.325 e. The van der Waals surface area contributed by atoms with Gasteiger partial charge in [-0.25, -0.2) is 5.84 Å². The number of nitrogens with one attached hydrogen (secondary N) is 2. The number of benzene rings is 1. The number of nitrogens with zero attached hydrogens (tertiary/aromatic N) is 1. The number of guanidine groups is 1. The number of nitrogens with two attached hydrogens (primary N) is 1. The Morgan fingerprint density at radius 2 is 1.80 bits per heavy atom. The van der Waals surface area contributed by atoms with Crippen LogP contribution in [0.1, 0.15) is 46.0 Å². The molecule has 0 aliphatic heterocycles. The first-order valence-electron chi connectivity index (χ1n) is 7.55. The molecule has 4 heteroatoms. The van der Waals surface area contributed by atoms with Crippen LogP contribution in [0.5, 0.6) is 0 Å². The highest BCUT2D eigenvalue weighted by Gasteiger charge is 1.97. The van der Waals surface area contributed by atoms with Crippen molar-refractivity contribution in [2.45, 2.75) is 46.0 Å². The number of hydrazine groups is 1. The first kappa shape index (κ1) is 16.5.